The van der Waals surface area contributed by atoms with Gasteiger partial charge in [-0.2, -0.15) is 0 Å². The molecule has 2 rings (SSSR count). The van der Waals surface area contributed by atoms with Crippen LogP contribution in [0.2, 0.25) is 0 Å². The standard InChI is InChI=1S/C20H26N2O4S/c1-16-8-10-19(11-9-16)27(24,25)22-13-12-21-20(23)7-4-14-26-18-6-3-5-17(2)15-18/h3,5-6,8-11,15,22H,4,7,12-14H2,1-2H3,(H,21,23). The summed E-state index contributed by atoms with van der Waals surface area (Å²) < 4.78 is 32.3. The first kappa shape index (κ1) is 20.9. The summed E-state index contributed by atoms with van der Waals surface area (Å²) in [5, 5.41) is 2.70. The van der Waals surface area contributed by atoms with Crippen molar-refractivity contribution in [3.05, 3.63) is 59.7 Å². The molecule has 2 N–H and O–H groups in total. The summed E-state index contributed by atoms with van der Waals surface area (Å²) in [7, 11) is -3.55. The molecule has 0 atom stereocenters. The summed E-state index contributed by atoms with van der Waals surface area (Å²) in [5.41, 5.74) is 2.12. The van der Waals surface area contributed by atoms with Crippen LogP contribution in [0.3, 0.4) is 0 Å². The van der Waals surface area contributed by atoms with Gasteiger partial charge in [0.25, 0.3) is 0 Å². The third-order valence-corrected chi connectivity index (χ3v) is 5.35. The molecule has 0 aromatic heterocycles. The van der Waals surface area contributed by atoms with Crippen molar-refractivity contribution in [2.24, 2.45) is 0 Å². The topological polar surface area (TPSA) is 84.5 Å². The number of hydrogen-bond donors (Lipinski definition) is 2. The number of ether oxygens (including phenoxy) is 1. The summed E-state index contributed by atoms with van der Waals surface area (Å²) >= 11 is 0. The Hall–Kier alpha value is -2.38. The Labute approximate surface area is 161 Å². The zero-order chi connectivity index (χ0) is 19.7. The van der Waals surface area contributed by atoms with E-state index in [1.165, 1.54) is 0 Å². The van der Waals surface area contributed by atoms with E-state index in [0.29, 0.717) is 19.4 Å². The third kappa shape index (κ3) is 7.40. The fraction of sp³-hybridized carbons (Fsp3) is 0.350. The van der Waals surface area contributed by atoms with Gasteiger partial charge in [0, 0.05) is 19.5 Å². The summed E-state index contributed by atoms with van der Waals surface area (Å²) in [6.45, 7) is 4.72. The second-order valence-electron chi connectivity index (χ2n) is 6.33. The fourth-order valence-electron chi connectivity index (χ4n) is 2.40. The SMILES string of the molecule is Cc1ccc(S(=O)(=O)NCCNC(=O)CCCOc2cccc(C)c2)cc1. The van der Waals surface area contributed by atoms with Crippen LogP contribution < -0.4 is 14.8 Å². The maximum atomic E-state index is 12.1. The molecule has 2 aromatic carbocycles. The van der Waals surface area contributed by atoms with Crippen molar-refractivity contribution in [2.45, 2.75) is 31.6 Å². The average molecular weight is 391 g/mol. The summed E-state index contributed by atoms with van der Waals surface area (Å²) in [6.07, 6.45) is 0.922. The number of carbonyl (C=O) groups excluding carboxylic acids is 1. The van der Waals surface area contributed by atoms with E-state index >= 15 is 0 Å². The average Bonchev–Trinajstić information content (AvgIpc) is 2.63. The first-order valence-corrected chi connectivity index (χ1v) is 10.4. The van der Waals surface area contributed by atoms with E-state index in [0.717, 1.165) is 16.9 Å². The molecule has 146 valence electrons. The normalized spacial score (nSPS) is 11.2. The van der Waals surface area contributed by atoms with Crippen LogP contribution in [0.5, 0.6) is 5.75 Å². The van der Waals surface area contributed by atoms with Gasteiger partial charge in [0.05, 0.1) is 11.5 Å². The molecule has 0 spiro atoms. The molecule has 7 heteroatoms. The molecule has 0 fully saturated rings. The molecule has 0 unspecified atom stereocenters. The van der Waals surface area contributed by atoms with E-state index in [9.17, 15) is 13.2 Å². The summed E-state index contributed by atoms with van der Waals surface area (Å²) in [6, 6.07) is 14.4. The van der Waals surface area contributed by atoms with E-state index in [1.807, 2.05) is 38.1 Å². The lowest BCUT2D eigenvalue weighted by atomic mass is 10.2. The molecule has 0 bridgehead atoms. The fourth-order valence-corrected chi connectivity index (χ4v) is 3.44. The van der Waals surface area contributed by atoms with Gasteiger partial charge in [0.1, 0.15) is 5.75 Å². The Kier molecular flexibility index (Phi) is 7.82. The quantitative estimate of drug-likeness (QED) is 0.611. The highest BCUT2D eigenvalue weighted by molar-refractivity contribution is 7.89. The second-order valence-corrected chi connectivity index (χ2v) is 8.10. The summed E-state index contributed by atoms with van der Waals surface area (Å²) in [4.78, 5) is 12.0. The summed E-state index contributed by atoms with van der Waals surface area (Å²) in [5.74, 6) is 0.665. The predicted octanol–water partition coefficient (Wildman–Crippen LogP) is 2.56. The van der Waals surface area contributed by atoms with Gasteiger partial charge >= 0.3 is 0 Å². The van der Waals surface area contributed by atoms with Crippen LogP contribution in [-0.2, 0) is 14.8 Å². The second kappa shape index (κ2) is 10.1. The van der Waals surface area contributed by atoms with E-state index < -0.39 is 10.0 Å². The van der Waals surface area contributed by atoms with Crippen LogP contribution >= 0.6 is 0 Å². The predicted molar refractivity (Wildman–Crippen MR) is 105 cm³/mol. The maximum Gasteiger partial charge on any atom is 0.240 e. The van der Waals surface area contributed by atoms with Crippen molar-refractivity contribution in [1.29, 1.82) is 0 Å². The number of aryl methyl sites for hydroxylation is 2. The van der Waals surface area contributed by atoms with E-state index in [-0.39, 0.29) is 23.9 Å². The number of sulfonamides is 1. The molecule has 0 heterocycles. The van der Waals surface area contributed by atoms with Gasteiger partial charge in [0.15, 0.2) is 0 Å². The molecule has 0 saturated heterocycles. The van der Waals surface area contributed by atoms with Crippen molar-refractivity contribution < 1.29 is 17.9 Å². The first-order valence-electron chi connectivity index (χ1n) is 8.89. The minimum Gasteiger partial charge on any atom is -0.494 e. The molecule has 6 nitrogen and oxygen atoms in total. The lowest BCUT2D eigenvalue weighted by Gasteiger charge is -2.09. The van der Waals surface area contributed by atoms with Crippen molar-refractivity contribution >= 4 is 15.9 Å². The van der Waals surface area contributed by atoms with Crippen LogP contribution in [0, 0.1) is 13.8 Å². The van der Waals surface area contributed by atoms with Gasteiger partial charge in [-0.3, -0.25) is 4.79 Å². The minimum atomic E-state index is -3.55. The lowest BCUT2D eigenvalue weighted by Crippen LogP contribution is -2.34. The molecule has 0 aliphatic heterocycles. The van der Waals surface area contributed by atoms with Crippen LogP contribution in [0.15, 0.2) is 53.4 Å². The van der Waals surface area contributed by atoms with Gasteiger partial charge in [-0.05, 0) is 50.1 Å². The van der Waals surface area contributed by atoms with Crippen molar-refractivity contribution in [1.82, 2.24) is 10.0 Å². The number of rotatable bonds is 10. The number of benzene rings is 2. The number of nitrogens with one attached hydrogen (secondary N) is 2. The van der Waals surface area contributed by atoms with Crippen LogP contribution in [0.1, 0.15) is 24.0 Å². The number of amides is 1. The Morgan fingerprint density at radius 3 is 2.44 bits per heavy atom. The maximum absolute atomic E-state index is 12.1. The smallest absolute Gasteiger partial charge is 0.240 e. The zero-order valence-electron chi connectivity index (χ0n) is 15.7. The highest BCUT2D eigenvalue weighted by Gasteiger charge is 2.12. The molecule has 0 aliphatic carbocycles. The zero-order valence-corrected chi connectivity index (χ0v) is 16.5. The Bertz CT molecular complexity index is 849. The van der Waals surface area contributed by atoms with Crippen molar-refractivity contribution in [3.8, 4) is 5.75 Å². The van der Waals surface area contributed by atoms with Crippen molar-refractivity contribution in [3.63, 3.8) is 0 Å². The monoisotopic (exact) mass is 390 g/mol. The van der Waals surface area contributed by atoms with Crippen LogP contribution in [-0.4, -0.2) is 34.0 Å². The van der Waals surface area contributed by atoms with Gasteiger partial charge in [-0.25, -0.2) is 13.1 Å². The highest BCUT2D eigenvalue weighted by Crippen LogP contribution is 2.12. The largest absolute Gasteiger partial charge is 0.494 e. The van der Waals surface area contributed by atoms with E-state index in [1.54, 1.807) is 24.3 Å². The molecular formula is C20H26N2O4S. The van der Waals surface area contributed by atoms with E-state index in [4.69, 9.17) is 4.74 Å². The third-order valence-electron chi connectivity index (χ3n) is 3.88. The Morgan fingerprint density at radius 2 is 1.74 bits per heavy atom. The van der Waals surface area contributed by atoms with Crippen molar-refractivity contribution in [2.75, 3.05) is 19.7 Å². The minimum absolute atomic E-state index is 0.127. The van der Waals surface area contributed by atoms with E-state index in [2.05, 4.69) is 10.0 Å². The lowest BCUT2D eigenvalue weighted by molar-refractivity contribution is -0.121. The molecule has 1 amide bonds. The Morgan fingerprint density at radius 1 is 1.00 bits per heavy atom. The van der Waals surface area contributed by atoms with Gasteiger partial charge in [-0.15, -0.1) is 0 Å². The molecule has 0 aliphatic rings. The van der Waals surface area contributed by atoms with Crippen LogP contribution in [0.25, 0.3) is 0 Å². The Balaban J connectivity index is 1.61. The van der Waals surface area contributed by atoms with Gasteiger partial charge in [-0.1, -0.05) is 29.8 Å². The molecule has 0 radical (unpaired) electrons. The van der Waals surface area contributed by atoms with Crippen LogP contribution in [0.4, 0.5) is 0 Å². The van der Waals surface area contributed by atoms with Gasteiger partial charge < -0.3 is 10.1 Å². The number of hydrogen-bond acceptors (Lipinski definition) is 4. The van der Waals surface area contributed by atoms with Gasteiger partial charge in [0.2, 0.25) is 15.9 Å². The molecular weight excluding hydrogens is 364 g/mol. The molecule has 27 heavy (non-hydrogen) atoms. The highest BCUT2D eigenvalue weighted by atomic mass is 32.2. The molecule has 2 aromatic rings. The molecule has 0 saturated carbocycles. The first-order chi connectivity index (χ1) is 12.9. The number of carbonyl (C=O) groups is 1.